The number of hydrogen-bond donors (Lipinski definition) is 0. The van der Waals surface area contributed by atoms with Crippen molar-refractivity contribution in [2.75, 3.05) is 6.61 Å². The molecule has 3 aromatic rings. The summed E-state index contributed by atoms with van der Waals surface area (Å²) in [6.45, 7) is 0.790. The zero-order valence-electron chi connectivity index (χ0n) is 13.9. The number of alkyl halides is 1. The van der Waals surface area contributed by atoms with Crippen LogP contribution in [0.3, 0.4) is 0 Å². The van der Waals surface area contributed by atoms with Crippen LogP contribution < -0.4 is 4.74 Å². The maximum absolute atomic E-state index is 6.57. The topological polar surface area (TPSA) is 58.4 Å². The maximum atomic E-state index is 6.57. The SMILES string of the molecule is Clc1ccc(Oc2ccc(C3(Cn4cncn4)OCC(I)O3)c(Cl)c2)cc1. The second-order valence-corrected chi connectivity index (χ2v) is 8.12. The molecule has 0 radical (unpaired) electrons. The average molecular weight is 518 g/mol. The van der Waals surface area contributed by atoms with Gasteiger partial charge in [0.15, 0.2) is 0 Å². The summed E-state index contributed by atoms with van der Waals surface area (Å²) in [6, 6.07) is 12.5. The molecule has 0 N–H and O–H groups in total. The first-order valence-corrected chi connectivity index (χ1v) is 10.1. The second kappa shape index (κ2) is 7.92. The van der Waals surface area contributed by atoms with E-state index in [2.05, 4.69) is 32.7 Å². The average Bonchev–Trinajstić information content (AvgIpc) is 3.28. The number of ether oxygens (including phenoxy) is 3. The molecule has 2 unspecified atom stereocenters. The summed E-state index contributed by atoms with van der Waals surface area (Å²) in [7, 11) is 0. The first-order valence-electron chi connectivity index (χ1n) is 8.06. The van der Waals surface area contributed by atoms with Crippen LogP contribution in [0.5, 0.6) is 11.5 Å². The van der Waals surface area contributed by atoms with Crippen molar-refractivity contribution in [3.05, 3.63) is 70.7 Å². The summed E-state index contributed by atoms with van der Waals surface area (Å²) in [6.07, 6.45) is 3.08. The molecule has 1 saturated heterocycles. The van der Waals surface area contributed by atoms with Crippen molar-refractivity contribution in [1.29, 1.82) is 0 Å². The third-order valence-corrected chi connectivity index (χ3v) is 5.18. The van der Waals surface area contributed by atoms with Gasteiger partial charge in [0.2, 0.25) is 5.79 Å². The first-order chi connectivity index (χ1) is 13.0. The van der Waals surface area contributed by atoms with E-state index in [9.17, 15) is 0 Å². The fourth-order valence-electron chi connectivity index (χ4n) is 2.82. The minimum atomic E-state index is -1.03. The third kappa shape index (κ3) is 4.22. The van der Waals surface area contributed by atoms with Crippen molar-refractivity contribution in [1.82, 2.24) is 14.8 Å². The predicted molar refractivity (Wildman–Crippen MR) is 110 cm³/mol. The van der Waals surface area contributed by atoms with Crippen LogP contribution >= 0.6 is 45.8 Å². The Bertz CT molecular complexity index is 924. The zero-order chi connectivity index (χ0) is 18.9. The van der Waals surface area contributed by atoms with Gasteiger partial charge in [0, 0.05) is 10.6 Å². The van der Waals surface area contributed by atoms with Crippen LogP contribution in [0.15, 0.2) is 55.1 Å². The molecule has 0 aliphatic carbocycles. The second-order valence-electron chi connectivity index (χ2n) is 5.88. The van der Waals surface area contributed by atoms with E-state index in [1.54, 1.807) is 41.3 Å². The Hall–Kier alpha value is -1.39. The molecule has 2 aromatic carbocycles. The molecule has 1 aliphatic heterocycles. The summed E-state index contributed by atoms with van der Waals surface area (Å²) in [5.41, 5.74) is 0.710. The molecule has 27 heavy (non-hydrogen) atoms. The van der Waals surface area contributed by atoms with Crippen LogP contribution in [-0.2, 0) is 21.8 Å². The normalized spacial score (nSPS) is 22.1. The smallest absolute Gasteiger partial charge is 0.217 e. The van der Waals surface area contributed by atoms with Gasteiger partial charge in [0.25, 0.3) is 0 Å². The molecule has 0 saturated carbocycles. The van der Waals surface area contributed by atoms with Gasteiger partial charge in [-0.3, -0.25) is 0 Å². The number of benzene rings is 2. The Kier molecular flexibility index (Phi) is 5.56. The lowest BCUT2D eigenvalue weighted by Gasteiger charge is -2.28. The van der Waals surface area contributed by atoms with Crippen LogP contribution in [0.4, 0.5) is 0 Å². The van der Waals surface area contributed by atoms with Crippen molar-refractivity contribution >= 4 is 45.8 Å². The third-order valence-electron chi connectivity index (χ3n) is 4.00. The van der Waals surface area contributed by atoms with E-state index in [4.69, 9.17) is 37.4 Å². The van der Waals surface area contributed by atoms with Crippen molar-refractivity contribution in [3.8, 4) is 11.5 Å². The maximum Gasteiger partial charge on any atom is 0.217 e. The predicted octanol–water partition coefficient (Wildman–Crippen LogP) is 5.04. The van der Waals surface area contributed by atoms with Crippen molar-refractivity contribution in [2.45, 2.75) is 16.4 Å². The molecule has 1 fully saturated rings. The lowest BCUT2D eigenvalue weighted by atomic mass is 10.1. The summed E-state index contributed by atoms with van der Waals surface area (Å²) < 4.78 is 19.5. The first kappa shape index (κ1) is 18.9. The minimum Gasteiger partial charge on any atom is -0.457 e. The molecule has 0 spiro atoms. The van der Waals surface area contributed by atoms with Gasteiger partial charge in [-0.1, -0.05) is 23.2 Å². The molecule has 0 bridgehead atoms. The van der Waals surface area contributed by atoms with Gasteiger partial charge in [-0.15, -0.1) is 0 Å². The van der Waals surface area contributed by atoms with Gasteiger partial charge in [0.05, 0.1) is 11.6 Å². The number of hydrogen-bond acceptors (Lipinski definition) is 5. The Morgan fingerprint density at radius 3 is 2.59 bits per heavy atom. The van der Waals surface area contributed by atoms with E-state index in [0.717, 1.165) is 0 Å². The van der Waals surface area contributed by atoms with Crippen LogP contribution in [0.25, 0.3) is 0 Å². The largest absolute Gasteiger partial charge is 0.457 e. The summed E-state index contributed by atoms with van der Waals surface area (Å²) in [5, 5.41) is 5.28. The molecule has 0 amide bonds. The lowest BCUT2D eigenvalue weighted by molar-refractivity contribution is -0.179. The fraction of sp³-hybridized carbons (Fsp3) is 0.222. The summed E-state index contributed by atoms with van der Waals surface area (Å²) in [4.78, 5) is 3.97. The van der Waals surface area contributed by atoms with Crippen molar-refractivity contribution in [3.63, 3.8) is 0 Å². The van der Waals surface area contributed by atoms with E-state index >= 15 is 0 Å². The Morgan fingerprint density at radius 2 is 1.96 bits per heavy atom. The van der Waals surface area contributed by atoms with E-state index in [0.29, 0.717) is 40.3 Å². The molecule has 1 aliphatic rings. The molecule has 6 nitrogen and oxygen atoms in total. The molecule has 2 heterocycles. The van der Waals surface area contributed by atoms with Crippen molar-refractivity contribution < 1.29 is 14.2 Å². The monoisotopic (exact) mass is 517 g/mol. The Balaban J connectivity index is 1.62. The molecule has 2 atom stereocenters. The number of rotatable bonds is 5. The zero-order valence-corrected chi connectivity index (χ0v) is 17.6. The van der Waals surface area contributed by atoms with E-state index in [1.807, 2.05) is 12.1 Å². The highest BCUT2D eigenvalue weighted by molar-refractivity contribution is 14.1. The molecule has 140 valence electrons. The molecule has 9 heteroatoms. The lowest BCUT2D eigenvalue weighted by Crippen LogP contribution is -2.33. The van der Waals surface area contributed by atoms with Gasteiger partial charge < -0.3 is 14.2 Å². The minimum absolute atomic E-state index is 0.0906. The Morgan fingerprint density at radius 1 is 1.19 bits per heavy atom. The number of aromatic nitrogens is 3. The van der Waals surface area contributed by atoms with Gasteiger partial charge >= 0.3 is 0 Å². The fourth-order valence-corrected chi connectivity index (χ4v) is 3.85. The quantitative estimate of drug-likeness (QED) is 0.350. The number of halogens is 3. The van der Waals surface area contributed by atoms with Crippen LogP contribution in [0, 0.1) is 0 Å². The molecular weight excluding hydrogens is 504 g/mol. The van der Waals surface area contributed by atoms with Crippen LogP contribution in [0.2, 0.25) is 10.0 Å². The van der Waals surface area contributed by atoms with E-state index < -0.39 is 5.79 Å². The number of nitrogens with zero attached hydrogens (tertiary/aromatic N) is 3. The Labute approximate surface area is 179 Å². The standard InChI is InChI=1S/C18H14Cl2IN3O3/c19-12-1-3-13(4-2-12)26-14-5-6-15(16(20)7-14)18(25-8-17(21)27-18)9-24-11-22-10-23-24/h1-7,10-11,17H,8-9H2. The highest BCUT2D eigenvalue weighted by Crippen LogP contribution is 2.42. The highest BCUT2D eigenvalue weighted by atomic mass is 127. The summed E-state index contributed by atoms with van der Waals surface area (Å²) >= 11 is 14.7. The van der Waals surface area contributed by atoms with Gasteiger partial charge in [-0.05, 0) is 65.1 Å². The van der Waals surface area contributed by atoms with Gasteiger partial charge in [-0.2, -0.15) is 5.10 Å². The van der Waals surface area contributed by atoms with Crippen LogP contribution in [-0.4, -0.2) is 25.5 Å². The van der Waals surface area contributed by atoms with E-state index in [1.165, 1.54) is 6.33 Å². The van der Waals surface area contributed by atoms with E-state index in [-0.39, 0.29) is 4.11 Å². The molecule has 1 aromatic heterocycles. The van der Waals surface area contributed by atoms with Crippen molar-refractivity contribution in [2.24, 2.45) is 0 Å². The molecular formula is C18H14Cl2IN3O3. The van der Waals surface area contributed by atoms with Gasteiger partial charge in [-0.25, -0.2) is 9.67 Å². The summed E-state index contributed by atoms with van der Waals surface area (Å²) in [5.74, 6) is 0.238. The highest BCUT2D eigenvalue weighted by Gasteiger charge is 2.44. The molecule has 4 rings (SSSR count). The van der Waals surface area contributed by atoms with Gasteiger partial charge in [0.1, 0.15) is 34.8 Å². The van der Waals surface area contributed by atoms with Crippen LogP contribution in [0.1, 0.15) is 5.56 Å².